The lowest BCUT2D eigenvalue weighted by Crippen LogP contribution is -2.19. The van der Waals surface area contributed by atoms with Gasteiger partial charge in [0, 0.05) is 5.41 Å². The van der Waals surface area contributed by atoms with Gasteiger partial charge in [0.1, 0.15) is 18.2 Å². The fourth-order valence-corrected chi connectivity index (χ4v) is 1.41. The molecule has 5 heteroatoms. The molecule has 1 aliphatic rings. The highest BCUT2D eigenvalue weighted by Crippen LogP contribution is 2.36. The quantitative estimate of drug-likeness (QED) is 0.358. The molecule has 0 aromatic carbocycles. The summed E-state index contributed by atoms with van der Waals surface area (Å²) >= 11 is 0. The number of carbonyl (C=O) groups is 2. The minimum absolute atomic E-state index is 0.0943. The topological polar surface area (TPSA) is 76.4 Å². The molecule has 1 heterocycles. The third-order valence-corrected chi connectivity index (χ3v) is 2.20. The van der Waals surface area contributed by atoms with Crippen molar-refractivity contribution in [1.82, 2.24) is 0 Å². The van der Waals surface area contributed by atoms with Crippen molar-refractivity contribution >= 4 is 11.9 Å². The van der Waals surface area contributed by atoms with E-state index >= 15 is 0 Å². The van der Waals surface area contributed by atoms with Gasteiger partial charge in [-0.2, -0.15) is 5.26 Å². The van der Waals surface area contributed by atoms with E-state index < -0.39 is 17.4 Å². The molecule has 0 aromatic heterocycles. The molecule has 0 bridgehead atoms. The molecular formula is C10H11NO4. The van der Waals surface area contributed by atoms with Crippen LogP contribution >= 0.6 is 0 Å². The first kappa shape index (κ1) is 11.2. The molecular weight excluding hydrogens is 198 g/mol. The molecule has 80 valence electrons. The zero-order valence-electron chi connectivity index (χ0n) is 8.79. The van der Waals surface area contributed by atoms with Gasteiger partial charge in [-0.1, -0.05) is 13.8 Å². The normalized spacial score (nSPS) is 21.6. The Balaban J connectivity index is 3.32. The summed E-state index contributed by atoms with van der Waals surface area (Å²) in [5, 5.41) is 8.82. The lowest BCUT2D eigenvalue weighted by Gasteiger charge is -2.14. The molecule has 1 fully saturated rings. The molecule has 0 amide bonds. The summed E-state index contributed by atoms with van der Waals surface area (Å²) in [5.74, 6) is -1.43. The summed E-state index contributed by atoms with van der Waals surface area (Å²) in [5.41, 5.74) is -0.807. The van der Waals surface area contributed by atoms with Crippen molar-refractivity contribution < 1.29 is 19.1 Å². The van der Waals surface area contributed by atoms with Gasteiger partial charge in [0.15, 0.2) is 0 Å². The average molecular weight is 209 g/mol. The van der Waals surface area contributed by atoms with Crippen LogP contribution in [0.2, 0.25) is 0 Å². The van der Waals surface area contributed by atoms with Crippen LogP contribution in [0.5, 0.6) is 0 Å². The number of methoxy groups -OCH3 is 1. The lowest BCUT2D eigenvalue weighted by molar-refractivity contribution is -0.138. The fourth-order valence-electron chi connectivity index (χ4n) is 1.41. The van der Waals surface area contributed by atoms with Crippen LogP contribution in [0, 0.1) is 16.7 Å². The predicted molar refractivity (Wildman–Crippen MR) is 49.4 cm³/mol. The van der Waals surface area contributed by atoms with E-state index in [1.807, 2.05) is 0 Å². The molecule has 0 aliphatic carbocycles. The van der Waals surface area contributed by atoms with Gasteiger partial charge in [-0.05, 0) is 0 Å². The Hall–Kier alpha value is -1.83. The first-order chi connectivity index (χ1) is 6.94. The maximum absolute atomic E-state index is 11.4. The number of hydrogen-bond acceptors (Lipinski definition) is 5. The molecule has 1 rings (SSSR count). The van der Waals surface area contributed by atoms with Crippen molar-refractivity contribution in [3.63, 3.8) is 0 Å². The van der Waals surface area contributed by atoms with Crippen LogP contribution in [0.15, 0.2) is 11.1 Å². The number of hydrogen-bond donors (Lipinski definition) is 0. The minimum atomic E-state index is -0.806. The number of rotatable bonds is 1. The smallest absolute Gasteiger partial charge is 0.349 e. The molecule has 0 spiro atoms. The third-order valence-electron chi connectivity index (χ3n) is 2.20. The molecule has 0 unspecified atom stereocenters. The van der Waals surface area contributed by atoms with Crippen molar-refractivity contribution in [1.29, 1.82) is 5.26 Å². The van der Waals surface area contributed by atoms with Gasteiger partial charge in [0.25, 0.3) is 0 Å². The van der Waals surface area contributed by atoms with Gasteiger partial charge in [-0.15, -0.1) is 0 Å². The van der Waals surface area contributed by atoms with E-state index in [9.17, 15) is 9.59 Å². The average Bonchev–Trinajstić information content (AvgIpc) is 2.45. The van der Waals surface area contributed by atoms with Gasteiger partial charge < -0.3 is 9.47 Å². The number of nitrogens with zero attached hydrogens (tertiary/aromatic N) is 1. The highest BCUT2D eigenvalue weighted by atomic mass is 16.5. The molecule has 0 radical (unpaired) electrons. The van der Waals surface area contributed by atoms with Crippen LogP contribution in [0.25, 0.3) is 0 Å². The molecule has 0 aromatic rings. The first-order valence-corrected chi connectivity index (χ1v) is 4.34. The molecule has 1 aliphatic heterocycles. The Morgan fingerprint density at radius 3 is 2.53 bits per heavy atom. The molecule has 0 saturated carbocycles. The number of cyclic esters (lactones) is 1. The Kier molecular flexibility index (Phi) is 2.80. The highest BCUT2D eigenvalue weighted by Gasteiger charge is 2.42. The van der Waals surface area contributed by atoms with Gasteiger partial charge >= 0.3 is 11.9 Å². The Morgan fingerprint density at radius 1 is 1.60 bits per heavy atom. The Morgan fingerprint density at radius 2 is 2.20 bits per heavy atom. The highest BCUT2D eigenvalue weighted by molar-refractivity contribution is 6.05. The van der Waals surface area contributed by atoms with Crippen LogP contribution in [-0.2, 0) is 19.1 Å². The zero-order chi connectivity index (χ0) is 11.6. The summed E-state index contributed by atoms with van der Waals surface area (Å²) < 4.78 is 9.23. The van der Waals surface area contributed by atoms with Gasteiger partial charge in [0.05, 0.1) is 12.7 Å². The molecule has 0 N–H and O–H groups in total. The van der Waals surface area contributed by atoms with E-state index in [2.05, 4.69) is 4.74 Å². The maximum atomic E-state index is 11.4. The van der Waals surface area contributed by atoms with E-state index in [4.69, 9.17) is 10.00 Å². The summed E-state index contributed by atoms with van der Waals surface area (Å²) in [6.45, 7) is 3.63. The van der Waals surface area contributed by atoms with Crippen molar-refractivity contribution in [2.75, 3.05) is 13.7 Å². The van der Waals surface area contributed by atoms with E-state index in [1.165, 1.54) is 0 Å². The summed E-state index contributed by atoms with van der Waals surface area (Å²) in [7, 11) is 1.16. The van der Waals surface area contributed by atoms with Gasteiger partial charge in [0.2, 0.25) is 0 Å². The van der Waals surface area contributed by atoms with Crippen LogP contribution in [0.1, 0.15) is 13.8 Å². The predicted octanol–water partition coefficient (Wildman–Crippen LogP) is 0.563. The van der Waals surface area contributed by atoms with E-state index in [1.54, 1.807) is 19.9 Å². The largest absolute Gasteiger partial charge is 0.465 e. The summed E-state index contributed by atoms with van der Waals surface area (Å²) in [6, 6.07) is 1.68. The van der Waals surface area contributed by atoms with E-state index in [0.717, 1.165) is 7.11 Å². The number of nitriles is 1. The second kappa shape index (κ2) is 3.73. The van der Waals surface area contributed by atoms with Crippen LogP contribution in [-0.4, -0.2) is 25.7 Å². The number of ether oxygens (including phenoxy) is 2. The van der Waals surface area contributed by atoms with Gasteiger partial charge in [-0.3, -0.25) is 0 Å². The number of carbonyl (C=O) groups excluding carboxylic acids is 2. The maximum Gasteiger partial charge on any atom is 0.349 e. The molecule has 15 heavy (non-hydrogen) atoms. The monoisotopic (exact) mass is 209 g/mol. The standard InChI is InChI=1S/C10H11NO4/c1-10(2)5-15-9(13)7(10)6(4-11)8(12)14-3/h5H2,1-3H3/b7-6+. The number of esters is 2. The van der Waals surface area contributed by atoms with E-state index in [0.29, 0.717) is 0 Å². The van der Waals surface area contributed by atoms with Crippen LogP contribution in [0.3, 0.4) is 0 Å². The Labute approximate surface area is 87.3 Å². The second-order valence-electron chi connectivity index (χ2n) is 3.81. The summed E-state index contributed by atoms with van der Waals surface area (Å²) in [4.78, 5) is 22.6. The Bertz CT molecular complexity index is 387. The fraction of sp³-hybridized carbons (Fsp3) is 0.500. The summed E-state index contributed by atoms with van der Waals surface area (Å²) in [6.07, 6.45) is 0. The van der Waals surface area contributed by atoms with E-state index in [-0.39, 0.29) is 17.8 Å². The van der Waals surface area contributed by atoms with Crippen molar-refractivity contribution in [2.45, 2.75) is 13.8 Å². The molecule has 0 atom stereocenters. The van der Waals surface area contributed by atoms with Crippen molar-refractivity contribution in [2.24, 2.45) is 5.41 Å². The lowest BCUT2D eigenvalue weighted by atomic mass is 9.84. The van der Waals surface area contributed by atoms with Crippen molar-refractivity contribution in [3.05, 3.63) is 11.1 Å². The van der Waals surface area contributed by atoms with Crippen LogP contribution in [0.4, 0.5) is 0 Å². The van der Waals surface area contributed by atoms with Crippen molar-refractivity contribution in [3.8, 4) is 6.07 Å². The molecule has 1 saturated heterocycles. The third kappa shape index (κ3) is 1.84. The minimum Gasteiger partial charge on any atom is -0.465 e. The zero-order valence-corrected chi connectivity index (χ0v) is 8.79. The first-order valence-electron chi connectivity index (χ1n) is 4.34. The molecule has 5 nitrogen and oxygen atoms in total. The van der Waals surface area contributed by atoms with Gasteiger partial charge in [-0.25, -0.2) is 9.59 Å². The van der Waals surface area contributed by atoms with Crippen LogP contribution < -0.4 is 0 Å². The SMILES string of the molecule is COC(=O)/C(C#N)=C1\C(=O)OCC1(C)C. The second-order valence-corrected chi connectivity index (χ2v) is 3.81.